The van der Waals surface area contributed by atoms with Crippen molar-refractivity contribution >= 4 is 46.8 Å². The van der Waals surface area contributed by atoms with Crippen LogP contribution in [0, 0.1) is 0 Å². The van der Waals surface area contributed by atoms with Crippen molar-refractivity contribution in [1.82, 2.24) is 4.90 Å². The number of alkyl halides is 6. The molecule has 0 radical (unpaired) electrons. The van der Waals surface area contributed by atoms with Crippen molar-refractivity contribution < 1.29 is 31.1 Å². The highest BCUT2D eigenvalue weighted by atomic mass is 35.5. The number of halogens is 9. The van der Waals surface area contributed by atoms with Gasteiger partial charge in [-0.3, -0.25) is 4.79 Å². The van der Waals surface area contributed by atoms with Gasteiger partial charge in [0.05, 0.1) is 26.5 Å². The molecule has 0 aliphatic carbocycles. The van der Waals surface area contributed by atoms with Crippen molar-refractivity contribution in [2.24, 2.45) is 0 Å². The Balaban J connectivity index is 1.65. The summed E-state index contributed by atoms with van der Waals surface area (Å²) in [7, 11) is 0. The smallest absolute Gasteiger partial charge is 0.330 e. The van der Waals surface area contributed by atoms with E-state index in [4.69, 9.17) is 34.8 Å². The highest BCUT2D eigenvalue weighted by Crippen LogP contribution is 2.41. The summed E-state index contributed by atoms with van der Waals surface area (Å²) >= 11 is 17.6. The summed E-state index contributed by atoms with van der Waals surface area (Å²) in [4.78, 5) is 13.9. The predicted molar refractivity (Wildman–Crippen MR) is 131 cm³/mol. The third-order valence-corrected chi connectivity index (χ3v) is 7.09. The van der Waals surface area contributed by atoms with E-state index < -0.39 is 23.8 Å². The highest BCUT2D eigenvalue weighted by molar-refractivity contribution is 6.48. The van der Waals surface area contributed by atoms with E-state index in [9.17, 15) is 31.1 Å². The van der Waals surface area contributed by atoms with E-state index in [1.165, 1.54) is 11.0 Å². The van der Waals surface area contributed by atoms with Gasteiger partial charge in [-0.1, -0.05) is 77.3 Å². The Kier molecular flexibility index (Phi) is 7.57. The quantitative estimate of drug-likeness (QED) is 0.218. The van der Waals surface area contributed by atoms with Crippen molar-refractivity contribution in [3.8, 4) is 0 Å². The third-order valence-electron chi connectivity index (χ3n) is 5.90. The zero-order valence-corrected chi connectivity index (χ0v) is 20.9. The van der Waals surface area contributed by atoms with E-state index in [2.05, 4.69) is 0 Å². The number of nitrogens with zero attached hydrogens (tertiary/aromatic N) is 1. The fourth-order valence-electron chi connectivity index (χ4n) is 4.12. The van der Waals surface area contributed by atoms with E-state index in [0.717, 1.165) is 36.4 Å². The van der Waals surface area contributed by atoms with E-state index in [0.29, 0.717) is 11.1 Å². The van der Waals surface area contributed by atoms with E-state index in [-0.39, 0.29) is 50.8 Å². The highest BCUT2D eigenvalue weighted by Gasteiger charge is 2.40. The number of hydrogen-bond acceptors (Lipinski definition) is 1. The first-order valence-corrected chi connectivity index (χ1v) is 11.9. The Bertz CT molecular complexity index is 1360. The molecule has 2 nitrogen and oxygen atoms in total. The standard InChI is InChI=1S/C26H16Cl3F6NO/c27-21-10-17(11-22(28)23(21)29)19(25(30,31)32)8-6-14-5-7-16(20(9-14)26(33,34)35)13-36-12-15-3-1-2-4-18(15)24(36)37/h1-11,19H,12-13H2/b8-6+. The molecule has 1 atom stereocenters. The van der Waals surface area contributed by atoms with Gasteiger partial charge >= 0.3 is 12.4 Å². The van der Waals surface area contributed by atoms with Gasteiger partial charge in [0.15, 0.2) is 0 Å². The molecule has 4 rings (SSSR count). The number of amides is 1. The van der Waals surface area contributed by atoms with Gasteiger partial charge in [-0.05, 0) is 46.5 Å². The van der Waals surface area contributed by atoms with Gasteiger partial charge < -0.3 is 4.90 Å². The van der Waals surface area contributed by atoms with Gasteiger partial charge in [0.2, 0.25) is 0 Å². The molecule has 1 aliphatic rings. The molecule has 1 heterocycles. The van der Waals surface area contributed by atoms with Gasteiger partial charge in [-0.15, -0.1) is 0 Å². The maximum Gasteiger partial charge on any atom is 0.416 e. The SMILES string of the molecule is O=C1c2ccccc2CN1Cc1ccc(/C=C/C(c2cc(Cl)c(Cl)c(Cl)c2)C(F)(F)F)cc1C(F)(F)F. The van der Waals surface area contributed by atoms with E-state index >= 15 is 0 Å². The zero-order chi connectivity index (χ0) is 27.1. The monoisotopic (exact) mass is 577 g/mol. The van der Waals surface area contributed by atoms with Crippen LogP contribution in [-0.4, -0.2) is 17.0 Å². The maximum atomic E-state index is 13.9. The Hall–Kier alpha value is -2.68. The summed E-state index contributed by atoms with van der Waals surface area (Å²) in [5, 5.41) is -0.481. The van der Waals surface area contributed by atoms with E-state index in [1.807, 2.05) is 0 Å². The Morgan fingerprint density at radius 3 is 2.16 bits per heavy atom. The second-order valence-corrected chi connectivity index (χ2v) is 9.60. The fraction of sp³-hybridized carbons (Fsp3) is 0.192. The molecule has 3 aromatic carbocycles. The van der Waals surface area contributed by atoms with Crippen molar-refractivity contribution in [3.05, 3.63) is 109 Å². The van der Waals surface area contributed by atoms with Crippen LogP contribution in [0.5, 0.6) is 0 Å². The predicted octanol–water partition coefficient (Wildman–Crippen LogP) is 9.18. The maximum absolute atomic E-state index is 13.9. The molecule has 0 bridgehead atoms. The van der Waals surface area contributed by atoms with Crippen LogP contribution in [0.2, 0.25) is 15.1 Å². The van der Waals surface area contributed by atoms with Crippen LogP contribution in [0.15, 0.2) is 60.7 Å². The minimum absolute atomic E-state index is 0.104. The van der Waals surface area contributed by atoms with Crippen LogP contribution in [0.1, 0.15) is 44.1 Å². The number of carbonyl (C=O) groups is 1. The second kappa shape index (κ2) is 10.2. The number of allylic oxidation sites excluding steroid dienone is 1. The molecule has 0 spiro atoms. The van der Waals surface area contributed by atoms with Gasteiger partial charge in [-0.2, -0.15) is 26.3 Å². The molecule has 0 N–H and O–H groups in total. The van der Waals surface area contributed by atoms with Crippen LogP contribution in [0.3, 0.4) is 0 Å². The van der Waals surface area contributed by atoms with Gasteiger partial charge in [0.1, 0.15) is 0 Å². The van der Waals surface area contributed by atoms with Crippen molar-refractivity contribution in [1.29, 1.82) is 0 Å². The second-order valence-electron chi connectivity index (χ2n) is 8.41. The minimum Gasteiger partial charge on any atom is -0.330 e. The third kappa shape index (κ3) is 5.92. The van der Waals surface area contributed by atoms with Crippen LogP contribution < -0.4 is 0 Å². The molecular weight excluding hydrogens is 563 g/mol. The summed E-state index contributed by atoms with van der Waals surface area (Å²) < 4.78 is 83.1. The Morgan fingerprint density at radius 2 is 1.57 bits per heavy atom. The lowest BCUT2D eigenvalue weighted by Crippen LogP contribution is -2.25. The van der Waals surface area contributed by atoms with Crippen LogP contribution in [-0.2, 0) is 19.3 Å². The first-order chi connectivity index (χ1) is 17.3. The van der Waals surface area contributed by atoms with Gasteiger partial charge in [0.25, 0.3) is 5.91 Å². The van der Waals surface area contributed by atoms with E-state index in [1.54, 1.807) is 24.3 Å². The molecule has 1 aliphatic heterocycles. The summed E-state index contributed by atoms with van der Waals surface area (Å²) in [6.45, 7) is -0.146. The lowest BCUT2D eigenvalue weighted by Gasteiger charge is -2.20. The number of benzene rings is 3. The van der Waals surface area contributed by atoms with Crippen molar-refractivity contribution in [2.45, 2.75) is 31.4 Å². The Labute approximate surface area is 223 Å². The van der Waals surface area contributed by atoms with Crippen LogP contribution >= 0.6 is 34.8 Å². The summed E-state index contributed by atoms with van der Waals surface area (Å²) in [6, 6.07) is 11.9. The van der Waals surface area contributed by atoms with Crippen molar-refractivity contribution in [2.75, 3.05) is 0 Å². The van der Waals surface area contributed by atoms with Crippen molar-refractivity contribution in [3.63, 3.8) is 0 Å². The number of carbonyl (C=O) groups excluding carboxylic acids is 1. The van der Waals surface area contributed by atoms with Crippen LogP contribution in [0.4, 0.5) is 26.3 Å². The summed E-state index contributed by atoms with van der Waals surface area (Å²) in [5.41, 5.74) is -0.498. The molecule has 0 fully saturated rings. The number of hydrogen-bond donors (Lipinski definition) is 0. The molecule has 11 heteroatoms. The molecule has 1 unspecified atom stereocenters. The molecule has 194 valence electrons. The first-order valence-electron chi connectivity index (χ1n) is 10.7. The number of rotatable bonds is 5. The average molecular weight is 579 g/mol. The molecule has 0 saturated carbocycles. The lowest BCUT2D eigenvalue weighted by molar-refractivity contribution is -0.140. The molecule has 37 heavy (non-hydrogen) atoms. The van der Waals surface area contributed by atoms with Gasteiger partial charge in [-0.25, -0.2) is 0 Å². The lowest BCUT2D eigenvalue weighted by atomic mass is 9.96. The van der Waals surface area contributed by atoms with Gasteiger partial charge in [0, 0.05) is 18.7 Å². The molecule has 1 amide bonds. The normalized spacial score (nSPS) is 14.9. The number of fused-ring (bicyclic) bond motifs is 1. The molecular formula is C26H16Cl3F6NO. The average Bonchev–Trinajstić information content (AvgIpc) is 3.12. The summed E-state index contributed by atoms with van der Waals surface area (Å²) in [5.74, 6) is -2.59. The molecule has 0 saturated heterocycles. The zero-order valence-electron chi connectivity index (χ0n) is 18.6. The topological polar surface area (TPSA) is 20.3 Å². The molecule has 3 aromatic rings. The molecule has 0 aromatic heterocycles. The fourth-order valence-corrected chi connectivity index (χ4v) is 4.73. The minimum atomic E-state index is -4.80. The summed E-state index contributed by atoms with van der Waals surface area (Å²) in [6.07, 6.45) is -7.90. The van der Waals surface area contributed by atoms with Crippen LogP contribution in [0.25, 0.3) is 6.08 Å². The first kappa shape index (κ1) is 27.4. The Morgan fingerprint density at radius 1 is 0.919 bits per heavy atom. The largest absolute Gasteiger partial charge is 0.416 e.